The number of nitrogens with one attached hydrogen (secondary N) is 2. The standard InChI is InChI=1S/C38H40N8O4/c1-37(2)17-25-31(27(47)19-37)33(45-35(43-25)39-21-41-45)23-11-5-7-13-29(23)49-15-9-10-16-50-30-14-8-6-12-24(30)34-32-26(18-38(3,4)20-28(32)48)44-36-40-22-42-46(34)36/h5-14,21-22,33-34H,15-20H2,1-4H3,(H,39,41,43)(H,40,42,44). The van der Waals surface area contributed by atoms with Crippen molar-refractivity contribution < 1.29 is 19.1 Å². The molecular weight excluding hydrogens is 632 g/mol. The summed E-state index contributed by atoms with van der Waals surface area (Å²) >= 11 is 0. The fourth-order valence-corrected chi connectivity index (χ4v) is 7.76. The molecule has 0 saturated heterocycles. The number of ether oxygens (including phenoxy) is 2. The normalized spacial score (nSPS) is 21.9. The monoisotopic (exact) mass is 672 g/mol. The van der Waals surface area contributed by atoms with Crippen molar-refractivity contribution in [1.82, 2.24) is 29.5 Å². The van der Waals surface area contributed by atoms with E-state index in [-0.39, 0.29) is 22.4 Å². The third-order valence-electron chi connectivity index (χ3n) is 9.81. The van der Waals surface area contributed by atoms with Gasteiger partial charge < -0.3 is 20.1 Å². The fourth-order valence-electron chi connectivity index (χ4n) is 7.76. The molecule has 12 nitrogen and oxygen atoms in total. The SMILES string of the molecule is CC1(C)CC(=O)C2=C(C1)Nc1ncnn1C2c1ccccc1OCC=CCOc1ccccc1C1C2=C(CC(C)(C)CC2=O)Nc2ncnn21. The molecule has 4 aliphatic rings. The summed E-state index contributed by atoms with van der Waals surface area (Å²) in [6, 6.07) is 14.7. The Kier molecular flexibility index (Phi) is 7.69. The van der Waals surface area contributed by atoms with Gasteiger partial charge in [0.1, 0.15) is 49.5 Å². The average molecular weight is 673 g/mol. The van der Waals surface area contributed by atoms with E-state index in [9.17, 15) is 9.59 Å². The summed E-state index contributed by atoms with van der Waals surface area (Å²) in [7, 11) is 0. The zero-order valence-electron chi connectivity index (χ0n) is 28.6. The lowest BCUT2D eigenvalue weighted by molar-refractivity contribution is -0.119. The van der Waals surface area contributed by atoms with Gasteiger partial charge in [-0.3, -0.25) is 9.59 Å². The number of allylic oxidation sites excluding steroid dienone is 4. The summed E-state index contributed by atoms with van der Waals surface area (Å²) in [6.45, 7) is 9.04. The number of nitrogens with zero attached hydrogens (tertiary/aromatic N) is 6. The number of ketones is 2. The van der Waals surface area contributed by atoms with Crippen LogP contribution in [-0.2, 0) is 9.59 Å². The maximum atomic E-state index is 13.5. The molecule has 2 aliphatic carbocycles. The van der Waals surface area contributed by atoms with Gasteiger partial charge in [-0.15, -0.1) is 0 Å². The number of hydrogen-bond donors (Lipinski definition) is 2. The lowest BCUT2D eigenvalue weighted by atomic mass is 9.73. The summed E-state index contributed by atoms with van der Waals surface area (Å²) in [5.41, 5.74) is 4.65. The molecule has 0 saturated carbocycles. The van der Waals surface area contributed by atoms with Crippen LogP contribution in [0.5, 0.6) is 11.5 Å². The predicted octanol–water partition coefficient (Wildman–Crippen LogP) is 6.20. The van der Waals surface area contributed by atoms with Gasteiger partial charge in [0.25, 0.3) is 0 Å². The largest absolute Gasteiger partial charge is 0.489 e. The van der Waals surface area contributed by atoms with Crippen molar-refractivity contribution in [3.8, 4) is 11.5 Å². The number of hydrogen-bond acceptors (Lipinski definition) is 10. The number of aromatic nitrogens is 6. The Labute approximate surface area is 290 Å². The molecule has 4 heterocycles. The highest BCUT2D eigenvalue weighted by molar-refractivity contribution is 6.01. The van der Waals surface area contributed by atoms with E-state index in [0.717, 1.165) is 35.4 Å². The molecule has 4 aromatic rings. The van der Waals surface area contributed by atoms with E-state index in [1.807, 2.05) is 60.7 Å². The molecule has 2 atom stereocenters. The quantitative estimate of drug-likeness (QED) is 0.208. The lowest BCUT2D eigenvalue weighted by Gasteiger charge is -2.38. The molecule has 2 aromatic heterocycles. The molecule has 50 heavy (non-hydrogen) atoms. The minimum Gasteiger partial charge on any atom is -0.489 e. The van der Waals surface area contributed by atoms with Gasteiger partial charge >= 0.3 is 0 Å². The first-order valence-electron chi connectivity index (χ1n) is 17.0. The molecular formula is C38H40N8O4. The smallest absolute Gasteiger partial charge is 0.226 e. The molecule has 0 fully saturated rings. The fraction of sp³-hybridized carbons (Fsp3) is 0.368. The summed E-state index contributed by atoms with van der Waals surface area (Å²) in [6.07, 6.45) is 9.26. The minimum absolute atomic E-state index is 0.107. The van der Waals surface area contributed by atoms with E-state index in [2.05, 4.69) is 58.5 Å². The average Bonchev–Trinajstić information content (AvgIpc) is 3.73. The van der Waals surface area contributed by atoms with Gasteiger partial charge in [0.2, 0.25) is 11.9 Å². The third-order valence-corrected chi connectivity index (χ3v) is 9.81. The molecule has 2 aromatic carbocycles. The van der Waals surface area contributed by atoms with Gasteiger partial charge in [-0.2, -0.15) is 20.2 Å². The molecule has 0 bridgehead atoms. The zero-order chi connectivity index (χ0) is 34.6. The van der Waals surface area contributed by atoms with Crippen LogP contribution >= 0.6 is 0 Å². The first kappa shape index (κ1) is 31.7. The topological polar surface area (TPSA) is 138 Å². The van der Waals surface area contributed by atoms with Gasteiger partial charge in [0.15, 0.2) is 11.6 Å². The Morgan fingerprint density at radius 1 is 0.680 bits per heavy atom. The molecule has 0 amide bonds. The van der Waals surface area contributed by atoms with Crippen molar-refractivity contribution in [3.63, 3.8) is 0 Å². The third kappa shape index (κ3) is 5.68. The first-order chi connectivity index (χ1) is 24.1. The van der Waals surface area contributed by atoms with E-state index in [0.29, 0.717) is 60.6 Å². The highest BCUT2D eigenvalue weighted by Crippen LogP contribution is 2.48. The maximum Gasteiger partial charge on any atom is 0.226 e. The van der Waals surface area contributed by atoms with Gasteiger partial charge in [-0.1, -0.05) is 64.1 Å². The van der Waals surface area contributed by atoms with Crippen LogP contribution in [0.3, 0.4) is 0 Å². The highest BCUT2D eigenvalue weighted by atomic mass is 16.5. The first-order valence-corrected chi connectivity index (χ1v) is 17.0. The van der Waals surface area contributed by atoms with Gasteiger partial charge in [-0.25, -0.2) is 9.36 Å². The van der Waals surface area contributed by atoms with Gasteiger partial charge in [0.05, 0.1) is 0 Å². The number of carbonyl (C=O) groups is 2. The molecule has 0 spiro atoms. The van der Waals surface area contributed by atoms with Crippen molar-refractivity contribution in [1.29, 1.82) is 0 Å². The molecule has 8 rings (SSSR count). The van der Waals surface area contributed by atoms with Crippen molar-refractivity contribution in [2.75, 3.05) is 23.8 Å². The molecule has 12 heteroatoms. The Balaban J connectivity index is 0.991. The Hall–Kier alpha value is -5.52. The number of benzene rings is 2. The Morgan fingerprint density at radius 2 is 1.10 bits per heavy atom. The predicted molar refractivity (Wildman–Crippen MR) is 187 cm³/mol. The molecule has 2 N–H and O–H groups in total. The van der Waals surface area contributed by atoms with Crippen LogP contribution in [0.1, 0.15) is 76.6 Å². The molecule has 2 aliphatic heterocycles. The Morgan fingerprint density at radius 3 is 1.54 bits per heavy atom. The van der Waals surface area contributed by atoms with Crippen LogP contribution in [0.15, 0.2) is 95.9 Å². The summed E-state index contributed by atoms with van der Waals surface area (Å²) < 4.78 is 16.1. The number of Topliss-reactive ketones (excluding diaryl/α,β-unsaturated/α-hetero) is 2. The maximum absolute atomic E-state index is 13.5. The summed E-state index contributed by atoms with van der Waals surface area (Å²) in [4.78, 5) is 35.9. The minimum atomic E-state index is -0.439. The highest BCUT2D eigenvalue weighted by Gasteiger charge is 2.43. The molecule has 0 radical (unpaired) electrons. The van der Waals surface area contributed by atoms with E-state index >= 15 is 0 Å². The number of para-hydroxylation sites is 2. The second-order valence-electron chi connectivity index (χ2n) is 14.9. The van der Waals surface area contributed by atoms with E-state index in [4.69, 9.17) is 9.47 Å². The summed E-state index contributed by atoms with van der Waals surface area (Å²) in [5, 5.41) is 15.7. The van der Waals surface area contributed by atoms with Crippen LogP contribution in [0, 0.1) is 10.8 Å². The van der Waals surface area contributed by atoms with Crippen molar-refractivity contribution in [3.05, 3.63) is 107 Å². The van der Waals surface area contributed by atoms with Crippen LogP contribution in [0.25, 0.3) is 0 Å². The Bertz CT molecular complexity index is 1950. The second-order valence-corrected chi connectivity index (χ2v) is 14.9. The number of fused-ring (bicyclic) bond motifs is 2. The van der Waals surface area contributed by atoms with Crippen LogP contribution in [-0.4, -0.2) is 54.3 Å². The number of rotatable bonds is 8. The van der Waals surface area contributed by atoms with Gasteiger partial charge in [0, 0.05) is 46.5 Å². The second kappa shape index (κ2) is 12.1. The zero-order valence-corrected chi connectivity index (χ0v) is 28.6. The van der Waals surface area contributed by atoms with Crippen LogP contribution in [0.4, 0.5) is 11.9 Å². The van der Waals surface area contributed by atoms with Crippen LogP contribution < -0.4 is 20.1 Å². The lowest BCUT2D eigenvalue weighted by Crippen LogP contribution is -2.36. The van der Waals surface area contributed by atoms with Gasteiger partial charge in [-0.05, 0) is 48.0 Å². The van der Waals surface area contributed by atoms with Crippen molar-refractivity contribution in [2.24, 2.45) is 10.8 Å². The van der Waals surface area contributed by atoms with Crippen molar-refractivity contribution in [2.45, 2.75) is 65.5 Å². The molecule has 2 unspecified atom stereocenters. The number of carbonyl (C=O) groups excluding carboxylic acids is 2. The van der Waals surface area contributed by atoms with E-state index in [1.165, 1.54) is 12.7 Å². The van der Waals surface area contributed by atoms with Crippen LogP contribution in [0.2, 0.25) is 0 Å². The van der Waals surface area contributed by atoms with E-state index in [1.54, 1.807) is 9.36 Å². The number of anilines is 2. The summed E-state index contributed by atoms with van der Waals surface area (Å²) in [5.74, 6) is 2.77. The molecule has 256 valence electrons. The van der Waals surface area contributed by atoms with Crippen molar-refractivity contribution >= 4 is 23.5 Å². The van der Waals surface area contributed by atoms with E-state index < -0.39 is 12.1 Å².